The van der Waals surface area contributed by atoms with Gasteiger partial charge in [-0.1, -0.05) is 12.8 Å². The van der Waals surface area contributed by atoms with E-state index in [4.69, 9.17) is 5.11 Å². The Morgan fingerprint density at radius 3 is 2.31 bits per heavy atom. The lowest BCUT2D eigenvalue weighted by molar-refractivity contribution is -0.137. The number of benzene rings is 1. The molecule has 0 amide bonds. The van der Waals surface area contributed by atoms with Crippen molar-refractivity contribution in [1.82, 2.24) is 4.57 Å². The van der Waals surface area contributed by atoms with Gasteiger partial charge in [-0.2, -0.15) is 0 Å². The summed E-state index contributed by atoms with van der Waals surface area (Å²) in [4.78, 5) is 36.7. The van der Waals surface area contributed by atoms with Crippen molar-refractivity contribution in [3.63, 3.8) is 0 Å². The third-order valence-electron chi connectivity index (χ3n) is 4.63. The number of aromatic carboxylic acids is 1. The minimum Gasteiger partial charge on any atom is -0.480 e. The molecule has 26 heavy (non-hydrogen) atoms. The number of hydrogen-bond acceptors (Lipinski definition) is 4. The molecule has 0 radical (unpaired) electrons. The molecule has 138 valence electrons. The smallest absolute Gasteiger partial charge is 0.341 e. The van der Waals surface area contributed by atoms with Gasteiger partial charge in [0.2, 0.25) is 5.43 Å². The van der Waals surface area contributed by atoms with Gasteiger partial charge in [0, 0.05) is 24.7 Å². The van der Waals surface area contributed by atoms with Crippen LogP contribution >= 0.6 is 0 Å². The number of hydrogen-bond donors (Lipinski definition) is 2. The average Bonchev–Trinajstić information content (AvgIpc) is 2.85. The third kappa shape index (κ3) is 3.40. The Bertz CT molecular complexity index is 929. The fraction of sp³-hybridized carbons (Fsp3) is 0.389. The first kappa shape index (κ1) is 17.9. The van der Waals surface area contributed by atoms with Crippen LogP contribution in [0.15, 0.2) is 23.1 Å². The SMILES string of the molecule is O=C(O)Cn1cc(C(=O)O)c(=O)c2cc(F)c(N3CCCCCC3)cc21. The van der Waals surface area contributed by atoms with Gasteiger partial charge in [-0.05, 0) is 25.0 Å². The molecule has 1 aromatic carbocycles. The van der Waals surface area contributed by atoms with Crippen LogP contribution in [0.2, 0.25) is 0 Å². The summed E-state index contributed by atoms with van der Waals surface area (Å²) in [6.07, 6.45) is 4.99. The van der Waals surface area contributed by atoms with Crippen LogP contribution in [0.4, 0.5) is 10.1 Å². The first-order chi connectivity index (χ1) is 12.4. The van der Waals surface area contributed by atoms with E-state index in [1.807, 2.05) is 4.90 Å². The number of pyridine rings is 1. The van der Waals surface area contributed by atoms with Gasteiger partial charge in [0.05, 0.1) is 11.2 Å². The topological polar surface area (TPSA) is 99.8 Å². The highest BCUT2D eigenvalue weighted by molar-refractivity contribution is 5.94. The van der Waals surface area contributed by atoms with Gasteiger partial charge in [0.1, 0.15) is 17.9 Å². The molecule has 3 rings (SSSR count). The molecule has 0 saturated carbocycles. The highest BCUT2D eigenvalue weighted by atomic mass is 19.1. The molecule has 1 aliphatic rings. The van der Waals surface area contributed by atoms with Crippen LogP contribution in [0.3, 0.4) is 0 Å². The summed E-state index contributed by atoms with van der Waals surface area (Å²) in [6.45, 7) is 0.833. The molecule has 2 aromatic rings. The van der Waals surface area contributed by atoms with Crippen molar-refractivity contribution in [2.75, 3.05) is 18.0 Å². The summed E-state index contributed by atoms with van der Waals surface area (Å²) in [7, 11) is 0. The lowest BCUT2D eigenvalue weighted by atomic mass is 10.1. The van der Waals surface area contributed by atoms with E-state index in [0.29, 0.717) is 18.8 Å². The summed E-state index contributed by atoms with van der Waals surface area (Å²) in [5, 5.41) is 18.1. The summed E-state index contributed by atoms with van der Waals surface area (Å²) < 4.78 is 15.9. The van der Waals surface area contributed by atoms with Gasteiger partial charge in [-0.15, -0.1) is 0 Å². The van der Waals surface area contributed by atoms with Gasteiger partial charge in [-0.3, -0.25) is 9.59 Å². The molecule has 1 fully saturated rings. The number of rotatable bonds is 4. The van der Waals surface area contributed by atoms with Crippen LogP contribution in [-0.2, 0) is 11.3 Å². The van der Waals surface area contributed by atoms with Crippen molar-refractivity contribution in [3.05, 3.63) is 39.9 Å². The lowest BCUT2D eigenvalue weighted by Crippen LogP contribution is -2.26. The Labute approximate surface area is 148 Å². The lowest BCUT2D eigenvalue weighted by Gasteiger charge is -2.24. The van der Waals surface area contributed by atoms with Gasteiger partial charge in [0.25, 0.3) is 0 Å². The highest BCUT2D eigenvalue weighted by Crippen LogP contribution is 2.27. The molecule has 1 saturated heterocycles. The number of halogens is 1. The number of aromatic nitrogens is 1. The number of carbonyl (C=O) groups is 2. The monoisotopic (exact) mass is 362 g/mol. The second kappa shape index (κ2) is 7.15. The predicted octanol–water partition coefficient (Wildman–Crippen LogP) is 2.30. The molecular formula is C18H19FN2O5. The van der Waals surface area contributed by atoms with Crippen LogP contribution in [-0.4, -0.2) is 39.8 Å². The summed E-state index contributed by atoms with van der Waals surface area (Å²) in [6, 6.07) is 2.47. The molecule has 0 spiro atoms. The molecule has 7 nitrogen and oxygen atoms in total. The minimum absolute atomic E-state index is 0.137. The van der Waals surface area contributed by atoms with Crippen molar-refractivity contribution in [2.45, 2.75) is 32.2 Å². The maximum Gasteiger partial charge on any atom is 0.341 e. The van der Waals surface area contributed by atoms with Crippen molar-refractivity contribution in [2.24, 2.45) is 0 Å². The van der Waals surface area contributed by atoms with E-state index in [2.05, 4.69) is 0 Å². The first-order valence-electron chi connectivity index (χ1n) is 8.45. The van der Waals surface area contributed by atoms with Crippen LogP contribution in [0.5, 0.6) is 0 Å². The van der Waals surface area contributed by atoms with Crippen LogP contribution in [0.1, 0.15) is 36.0 Å². The van der Waals surface area contributed by atoms with Crippen molar-refractivity contribution in [3.8, 4) is 0 Å². The van der Waals surface area contributed by atoms with Gasteiger partial charge in [-0.25, -0.2) is 9.18 Å². The fourth-order valence-corrected chi connectivity index (χ4v) is 3.38. The van der Waals surface area contributed by atoms with Crippen LogP contribution < -0.4 is 10.3 Å². The quantitative estimate of drug-likeness (QED) is 0.866. The molecule has 2 N–H and O–H groups in total. The van der Waals surface area contributed by atoms with E-state index in [1.165, 1.54) is 10.6 Å². The summed E-state index contributed by atoms with van der Waals surface area (Å²) in [5.74, 6) is -3.28. The molecule has 0 aliphatic carbocycles. The van der Waals surface area contributed by atoms with E-state index in [1.54, 1.807) is 0 Å². The predicted molar refractivity (Wildman–Crippen MR) is 93.4 cm³/mol. The van der Waals surface area contributed by atoms with Gasteiger partial charge in [0.15, 0.2) is 0 Å². The minimum atomic E-state index is -1.48. The second-order valence-corrected chi connectivity index (χ2v) is 6.42. The molecule has 2 heterocycles. The average molecular weight is 362 g/mol. The van der Waals surface area contributed by atoms with E-state index < -0.39 is 35.3 Å². The Hall–Kier alpha value is -2.90. The first-order valence-corrected chi connectivity index (χ1v) is 8.45. The Morgan fingerprint density at radius 1 is 1.08 bits per heavy atom. The van der Waals surface area contributed by atoms with Crippen molar-refractivity contribution in [1.29, 1.82) is 0 Å². The highest BCUT2D eigenvalue weighted by Gasteiger charge is 2.20. The summed E-state index contributed by atoms with van der Waals surface area (Å²) >= 11 is 0. The number of anilines is 1. The zero-order valence-electron chi connectivity index (χ0n) is 14.1. The van der Waals surface area contributed by atoms with E-state index in [0.717, 1.165) is 37.9 Å². The van der Waals surface area contributed by atoms with E-state index in [-0.39, 0.29) is 10.9 Å². The normalized spacial score (nSPS) is 15.0. The van der Waals surface area contributed by atoms with Crippen molar-refractivity contribution >= 4 is 28.5 Å². The van der Waals surface area contributed by atoms with E-state index >= 15 is 0 Å². The molecule has 0 atom stereocenters. The maximum atomic E-state index is 14.7. The number of fused-ring (bicyclic) bond motifs is 1. The molecular weight excluding hydrogens is 343 g/mol. The summed E-state index contributed by atoms with van der Waals surface area (Å²) in [5.41, 5.74) is -0.889. The molecule has 1 aromatic heterocycles. The Morgan fingerprint density at radius 2 is 1.73 bits per heavy atom. The van der Waals surface area contributed by atoms with Gasteiger partial charge < -0.3 is 19.7 Å². The standard InChI is InChI=1S/C18H19FN2O5/c19-13-7-11-14(8-15(13)20-5-3-1-2-4-6-20)21(10-16(22)23)9-12(17(11)24)18(25)26/h7-9H,1-6,10H2,(H,22,23)(H,25,26). The van der Waals surface area contributed by atoms with Crippen molar-refractivity contribution < 1.29 is 24.2 Å². The molecule has 0 unspecified atom stereocenters. The molecule has 1 aliphatic heterocycles. The second-order valence-electron chi connectivity index (χ2n) is 6.42. The molecule has 0 bridgehead atoms. The van der Waals surface area contributed by atoms with Crippen LogP contribution in [0, 0.1) is 5.82 Å². The largest absolute Gasteiger partial charge is 0.480 e. The number of carboxylic acids is 2. The van der Waals surface area contributed by atoms with Crippen LogP contribution in [0.25, 0.3) is 10.9 Å². The molecule has 8 heteroatoms. The van der Waals surface area contributed by atoms with Gasteiger partial charge >= 0.3 is 11.9 Å². The Kier molecular flexibility index (Phi) is 4.92. The number of carboxylic acid groups (broad SMARTS) is 2. The fourth-order valence-electron chi connectivity index (χ4n) is 3.38. The number of nitrogens with zero attached hydrogens (tertiary/aromatic N) is 2. The number of aliphatic carboxylic acids is 1. The third-order valence-corrected chi connectivity index (χ3v) is 4.63. The maximum absolute atomic E-state index is 14.7. The zero-order valence-corrected chi connectivity index (χ0v) is 14.1. The zero-order chi connectivity index (χ0) is 18.8. The van der Waals surface area contributed by atoms with E-state index in [9.17, 15) is 23.9 Å². The Balaban J connectivity index is 2.23.